The number of halogens is 6. The highest BCUT2D eigenvalue weighted by Gasteiger charge is 2.39. The predicted octanol–water partition coefficient (Wildman–Crippen LogP) is 4.28. The summed E-state index contributed by atoms with van der Waals surface area (Å²) in [5.74, 6) is -2.33. The zero-order chi connectivity index (χ0) is 35.2. The molecule has 2 aromatic rings. The number of carboxylic acid groups (broad SMARTS) is 1. The van der Waals surface area contributed by atoms with Crippen LogP contribution in [0.3, 0.4) is 0 Å². The number of para-hydroxylation sites is 1. The third kappa shape index (κ3) is 8.65. The Bertz CT molecular complexity index is 1530. The Morgan fingerprint density at radius 2 is 1.79 bits per heavy atom. The van der Waals surface area contributed by atoms with Crippen LogP contribution in [-0.2, 0) is 28.7 Å². The van der Waals surface area contributed by atoms with Crippen LogP contribution in [0.4, 0.5) is 37.8 Å². The van der Waals surface area contributed by atoms with Crippen molar-refractivity contribution in [3.63, 3.8) is 0 Å². The molecule has 5 rings (SSSR count). The molecule has 0 saturated carbocycles. The largest absolute Gasteiger partial charge is 0.490 e. The lowest BCUT2D eigenvalue weighted by atomic mass is 10.0. The van der Waals surface area contributed by atoms with Gasteiger partial charge in [0.15, 0.2) is 0 Å². The minimum absolute atomic E-state index is 0.117. The molecular weight excluding hydrogens is 648 g/mol. The maximum absolute atomic E-state index is 13.8. The maximum Gasteiger partial charge on any atom is 0.490 e. The van der Waals surface area contributed by atoms with Crippen molar-refractivity contribution in [3.8, 4) is 12.1 Å². The number of aromatic nitrogens is 2. The first-order valence-electron chi connectivity index (χ1n) is 15.1. The Hall–Kier alpha value is -4.59. The molecule has 2 fully saturated rings. The van der Waals surface area contributed by atoms with Crippen LogP contribution in [0, 0.1) is 11.3 Å². The van der Waals surface area contributed by atoms with E-state index < -0.39 is 23.9 Å². The number of benzene rings is 1. The quantitative estimate of drug-likeness (QED) is 0.334. The van der Waals surface area contributed by atoms with E-state index in [0.29, 0.717) is 50.7 Å². The number of likely N-dealkylation sites (N-methyl/N-ethyl adjacent to an activating group) is 1. The van der Waals surface area contributed by atoms with Gasteiger partial charge < -0.3 is 29.4 Å². The van der Waals surface area contributed by atoms with Crippen molar-refractivity contribution in [2.24, 2.45) is 0 Å². The summed E-state index contributed by atoms with van der Waals surface area (Å²) in [5.41, 5.74) is 0.914. The number of fused-ring (bicyclic) bond motifs is 1. The second-order valence-corrected chi connectivity index (χ2v) is 11.5. The van der Waals surface area contributed by atoms with E-state index in [-0.39, 0.29) is 42.7 Å². The number of rotatable bonds is 7. The molecule has 2 atom stereocenters. The van der Waals surface area contributed by atoms with Gasteiger partial charge in [0.2, 0.25) is 5.91 Å². The molecule has 0 unspecified atom stereocenters. The van der Waals surface area contributed by atoms with Crippen molar-refractivity contribution in [2.75, 3.05) is 56.2 Å². The molecule has 1 N–H and O–H groups in total. The summed E-state index contributed by atoms with van der Waals surface area (Å²) in [6.07, 6.45) is -5.62. The number of carboxylic acids is 1. The summed E-state index contributed by atoms with van der Waals surface area (Å²) >= 11 is 0. The Morgan fingerprint density at radius 3 is 2.40 bits per heavy atom. The van der Waals surface area contributed by atoms with E-state index in [1.54, 1.807) is 15.9 Å². The normalized spacial score (nSPS) is 19.9. The Morgan fingerprint density at radius 1 is 1.08 bits per heavy atom. The molecular formula is C31H35F6N7O4. The van der Waals surface area contributed by atoms with E-state index in [0.717, 1.165) is 31.0 Å². The second kappa shape index (κ2) is 15.1. The van der Waals surface area contributed by atoms with Crippen molar-refractivity contribution in [2.45, 2.75) is 56.7 Å². The lowest BCUT2D eigenvalue weighted by Gasteiger charge is -2.42. The highest BCUT2D eigenvalue weighted by Crippen LogP contribution is 2.39. The molecule has 3 aliphatic rings. The zero-order valence-electron chi connectivity index (χ0n) is 26.1. The molecule has 1 amide bonds. The number of amides is 1. The summed E-state index contributed by atoms with van der Waals surface area (Å²) in [4.78, 5) is 38.5. The Balaban J connectivity index is 0.000000671. The number of hydrogen-bond acceptors (Lipinski definition) is 9. The van der Waals surface area contributed by atoms with Crippen molar-refractivity contribution < 1.29 is 45.8 Å². The van der Waals surface area contributed by atoms with Crippen LogP contribution in [0.5, 0.6) is 6.01 Å². The van der Waals surface area contributed by atoms with E-state index in [1.807, 2.05) is 4.90 Å². The first kappa shape index (κ1) is 36.2. The van der Waals surface area contributed by atoms with Gasteiger partial charge in [0, 0.05) is 43.5 Å². The van der Waals surface area contributed by atoms with Crippen LogP contribution in [0.1, 0.15) is 36.1 Å². The molecule has 48 heavy (non-hydrogen) atoms. The molecule has 0 aliphatic carbocycles. The van der Waals surface area contributed by atoms with E-state index in [1.165, 1.54) is 18.2 Å². The van der Waals surface area contributed by atoms with Gasteiger partial charge in [-0.25, -0.2) is 4.79 Å². The van der Waals surface area contributed by atoms with Crippen molar-refractivity contribution in [1.29, 1.82) is 5.26 Å². The number of nitriles is 1. The molecule has 2 saturated heterocycles. The van der Waals surface area contributed by atoms with Gasteiger partial charge in [-0.05, 0) is 51.1 Å². The van der Waals surface area contributed by atoms with Crippen molar-refractivity contribution >= 4 is 23.4 Å². The van der Waals surface area contributed by atoms with Gasteiger partial charge in [-0.2, -0.15) is 41.6 Å². The molecule has 1 aromatic heterocycles. The highest BCUT2D eigenvalue weighted by atomic mass is 19.4. The number of hydrogen-bond donors (Lipinski definition) is 1. The molecule has 1 aromatic carbocycles. The van der Waals surface area contributed by atoms with Gasteiger partial charge in [-0.1, -0.05) is 18.7 Å². The van der Waals surface area contributed by atoms with Crippen LogP contribution in [0.25, 0.3) is 0 Å². The highest BCUT2D eigenvalue weighted by molar-refractivity contribution is 5.87. The van der Waals surface area contributed by atoms with Gasteiger partial charge in [0.25, 0.3) is 0 Å². The standard InChI is InChI=1S/C29H34F3N7O2.C2HF3O2/c1-3-26(40)39-16-15-38(17-20(39)10-12-33)27-22-11-14-37(25-9-5-4-8-23(25)29(30,31)32)18-24(22)34-28(35-27)41-19-21-7-6-13-36(21)2;3-2(4,5)1(6)7/h3-5,8-9,20-21H,1,6-7,10-11,13-19H2,2H3;(H,6,7)/t20-,21-;/m0./s1. The van der Waals surface area contributed by atoms with Crippen LogP contribution < -0.4 is 14.5 Å². The fourth-order valence-corrected chi connectivity index (χ4v) is 6.01. The van der Waals surface area contributed by atoms with Gasteiger partial charge in [-0.15, -0.1) is 0 Å². The van der Waals surface area contributed by atoms with Crippen molar-refractivity contribution in [1.82, 2.24) is 19.8 Å². The van der Waals surface area contributed by atoms with Gasteiger partial charge >= 0.3 is 24.3 Å². The average molecular weight is 684 g/mol. The number of piperazine rings is 1. The first-order chi connectivity index (χ1) is 22.6. The summed E-state index contributed by atoms with van der Waals surface area (Å²) in [5, 5.41) is 16.6. The summed E-state index contributed by atoms with van der Waals surface area (Å²) < 4.78 is 79.3. The molecule has 11 nitrogen and oxygen atoms in total. The van der Waals surface area contributed by atoms with E-state index in [2.05, 4.69) is 24.6 Å². The number of carbonyl (C=O) groups is 2. The SMILES string of the molecule is C=CC(=O)N1CCN(c2nc(OC[C@@H]3CCCN3C)nc3c2CCN(c2ccccc2C(F)(F)F)C3)C[C@@H]1CC#N.O=C(O)C(F)(F)F. The Labute approximate surface area is 273 Å². The molecule has 260 valence electrons. The third-order valence-electron chi connectivity index (χ3n) is 8.46. The van der Waals surface area contributed by atoms with E-state index in [4.69, 9.17) is 24.6 Å². The van der Waals surface area contributed by atoms with Crippen LogP contribution in [0.2, 0.25) is 0 Å². The molecule has 4 heterocycles. The minimum Gasteiger partial charge on any atom is -0.475 e. The van der Waals surface area contributed by atoms with Gasteiger partial charge in [-0.3, -0.25) is 4.79 Å². The molecule has 3 aliphatic heterocycles. The fourth-order valence-electron chi connectivity index (χ4n) is 6.01. The monoisotopic (exact) mass is 683 g/mol. The number of likely N-dealkylation sites (tertiary alicyclic amines) is 1. The number of anilines is 2. The number of carbonyl (C=O) groups excluding carboxylic acids is 1. The summed E-state index contributed by atoms with van der Waals surface area (Å²) in [6.45, 7) is 6.79. The summed E-state index contributed by atoms with van der Waals surface area (Å²) in [7, 11) is 2.05. The average Bonchev–Trinajstić information content (AvgIpc) is 3.46. The number of nitrogens with zero attached hydrogens (tertiary/aromatic N) is 7. The zero-order valence-corrected chi connectivity index (χ0v) is 26.1. The second-order valence-electron chi connectivity index (χ2n) is 11.5. The number of aliphatic carboxylic acids is 1. The van der Waals surface area contributed by atoms with Crippen LogP contribution in [-0.4, -0.2) is 101 Å². The first-order valence-corrected chi connectivity index (χ1v) is 15.1. The van der Waals surface area contributed by atoms with Crippen molar-refractivity contribution in [3.05, 3.63) is 53.7 Å². The van der Waals surface area contributed by atoms with Crippen LogP contribution in [0.15, 0.2) is 36.9 Å². The molecule has 0 bridgehead atoms. The van der Waals surface area contributed by atoms with Gasteiger partial charge in [0.1, 0.15) is 12.4 Å². The lowest BCUT2D eigenvalue weighted by Crippen LogP contribution is -2.55. The van der Waals surface area contributed by atoms with E-state index >= 15 is 0 Å². The smallest absolute Gasteiger partial charge is 0.475 e. The van der Waals surface area contributed by atoms with Crippen LogP contribution >= 0.6 is 0 Å². The topological polar surface area (TPSA) is 126 Å². The summed E-state index contributed by atoms with van der Waals surface area (Å²) in [6, 6.07) is 7.84. The lowest BCUT2D eigenvalue weighted by molar-refractivity contribution is -0.192. The third-order valence-corrected chi connectivity index (χ3v) is 8.46. The van der Waals surface area contributed by atoms with Gasteiger partial charge in [0.05, 0.1) is 36.3 Å². The Kier molecular flexibility index (Phi) is 11.4. The molecule has 0 spiro atoms. The predicted molar refractivity (Wildman–Crippen MR) is 161 cm³/mol. The maximum atomic E-state index is 13.8. The van der Waals surface area contributed by atoms with E-state index in [9.17, 15) is 36.4 Å². The fraction of sp³-hybridized carbons (Fsp3) is 0.516. The minimum atomic E-state index is -5.08. The number of alkyl halides is 6. The molecule has 17 heteroatoms. The number of ether oxygens (including phenoxy) is 1. The molecule has 0 radical (unpaired) electrons.